The van der Waals surface area contributed by atoms with Gasteiger partial charge in [0.2, 0.25) is 5.91 Å². The summed E-state index contributed by atoms with van der Waals surface area (Å²) in [7, 11) is 0. The molecular formula is C12H18N2O4. The van der Waals surface area contributed by atoms with Crippen molar-refractivity contribution in [3.63, 3.8) is 0 Å². The fraction of sp³-hybridized carbons (Fsp3) is 0.750. The average Bonchev–Trinajstić information content (AvgIpc) is 2.26. The van der Waals surface area contributed by atoms with Gasteiger partial charge in [-0.2, -0.15) is 5.26 Å². The van der Waals surface area contributed by atoms with Crippen molar-refractivity contribution in [2.45, 2.75) is 32.8 Å². The molecule has 0 aromatic rings. The Bertz CT molecular complexity index is 373. The van der Waals surface area contributed by atoms with Crippen molar-refractivity contribution in [2.24, 2.45) is 5.41 Å². The number of aliphatic carboxylic acids is 1. The molecule has 0 aliphatic carbocycles. The van der Waals surface area contributed by atoms with Crippen molar-refractivity contribution in [3.05, 3.63) is 0 Å². The van der Waals surface area contributed by atoms with Gasteiger partial charge in [-0.25, -0.2) is 0 Å². The fourth-order valence-corrected chi connectivity index (χ4v) is 1.95. The predicted molar refractivity (Wildman–Crippen MR) is 62.6 cm³/mol. The van der Waals surface area contributed by atoms with Gasteiger partial charge in [0.1, 0.15) is 0 Å². The molecule has 1 fully saturated rings. The first-order chi connectivity index (χ1) is 8.34. The second-order valence-corrected chi connectivity index (χ2v) is 5.24. The van der Waals surface area contributed by atoms with E-state index < -0.39 is 17.5 Å². The van der Waals surface area contributed by atoms with Crippen LogP contribution in [0.4, 0.5) is 0 Å². The standard InChI is InChI=1S/C12H18N2O4/c1-12(2,6-11(16)17)5-10(15)14-3-4-18-9(7-13)8-14/h9H,3-6,8H2,1-2H3,(H,16,17). The molecule has 0 aromatic carbocycles. The second-order valence-electron chi connectivity index (χ2n) is 5.24. The number of ether oxygens (including phenoxy) is 1. The monoisotopic (exact) mass is 254 g/mol. The molecule has 1 atom stereocenters. The molecule has 1 rings (SSSR count). The Kier molecular flexibility index (Phi) is 4.68. The molecule has 0 radical (unpaired) electrons. The molecule has 1 aliphatic heterocycles. The van der Waals surface area contributed by atoms with Crippen LogP contribution in [0.15, 0.2) is 0 Å². The Balaban J connectivity index is 2.54. The summed E-state index contributed by atoms with van der Waals surface area (Å²) < 4.78 is 5.15. The van der Waals surface area contributed by atoms with Crippen molar-refractivity contribution in [1.29, 1.82) is 5.26 Å². The number of nitriles is 1. The lowest BCUT2D eigenvalue weighted by Crippen LogP contribution is -2.46. The van der Waals surface area contributed by atoms with E-state index in [9.17, 15) is 9.59 Å². The maximum atomic E-state index is 12.0. The summed E-state index contributed by atoms with van der Waals surface area (Å²) in [6.45, 7) is 4.57. The van der Waals surface area contributed by atoms with Gasteiger partial charge < -0.3 is 14.7 Å². The van der Waals surface area contributed by atoms with Gasteiger partial charge >= 0.3 is 5.97 Å². The van der Waals surface area contributed by atoms with Gasteiger partial charge in [-0.15, -0.1) is 0 Å². The highest BCUT2D eigenvalue weighted by atomic mass is 16.5. The minimum Gasteiger partial charge on any atom is -0.481 e. The Labute approximate surface area is 106 Å². The number of morpholine rings is 1. The molecule has 0 saturated carbocycles. The van der Waals surface area contributed by atoms with E-state index in [0.717, 1.165) is 0 Å². The number of carbonyl (C=O) groups is 2. The minimum atomic E-state index is -0.912. The Morgan fingerprint density at radius 3 is 2.72 bits per heavy atom. The normalized spacial score (nSPS) is 20.3. The molecule has 0 aromatic heterocycles. The van der Waals surface area contributed by atoms with Crippen LogP contribution in [0.1, 0.15) is 26.7 Å². The van der Waals surface area contributed by atoms with Gasteiger partial charge in [-0.3, -0.25) is 9.59 Å². The van der Waals surface area contributed by atoms with Gasteiger partial charge in [0.25, 0.3) is 0 Å². The molecule has 1 saturated heterocycles. The van der Waals surface area contributed by atoms with Gasteiger partial charge in [-0.05, 0) is 5.41 Å². The summed E-state index contributed by atoms with van der Waals surface area (Å²) in [5.41, 5.74) is -0.580. The van der Waals surface area contributed by atoms with Crippen molar-refractivity contribution in [1.82, 2.24) is 4.90 Å². The lowest BCUT2D eigenvalue weighted by Gasteiger charge is -2.32. The highest BCUT2D eigenvalue weighted by Gasteiger charge is 2.30. The molecule has 1 N–H and O–H groups in total. The number of carbonyl (C=O) groups excluding carboxylic acids is 1. The number of hydrogen-bond donors (Lipinski definition) is 1. The van der Waals surface area contributed by atoms with E-state index in [4.69, 9.17) is 15.1 Å². The van der Waals surface area contributed by atoms with Crippen LogP contribution in [0, 0.1) is 16.7 Å². The Morgan fingerprint density at radius 2 is 2.17 bits per heavy atom. The fourth-order valence-electron chi connectivity index (χ4n) is 1.95. The number of carboxylic acids is 1. The van der Waals surface area contributed by atoms with Crippen LogP contribution in [0.3, 0.4) is 0 Å². The number of nitrogens with zero attached hydrogens (tertiary/aromatic N) is 2. The smallest absolute Gasteiger partial charge is 0.303 e. The van der Waals surface area contributed by atoms with Gasteiger partial charge in [0.05, 0.1) is 25.6 Å². The third kappa shape index (κ3) is 4.34. The molecular weight excluding hydrogens is 236 g/mol. The van der Waals surface area contributed by atoms with Gasteiger partial charge in [-0.1, -0.05) is 13.8 Å². The zero-order valence-corrected chi connectivity index (χ0v) is 10.7. The molecule has 1 amide bonds. The van der Waals surface area contributed by atoms with Crippen LogP contribution in [0.5, 0.6) is 0 Å². The molecule has 0 spiro atoms. The zero-order valence-electron chi connectivity index (χ0n) is 10.7. The molecule has 1 heterocycles. The summed E-state index contributed by atoms with van der Waals surface area (Å²) in [5, 5.41) is 17.5. The van der Waals surface area contributed by atoms with E-state index in [2.05, 4.69) is 0 Å². The number of amides is 1. The molecule has 1 aliphatic rings. The van der Waals surface area contributed by atoms with Crippen LogP contribution in [-0.2, 0) is 14.3 Å². The first-order valence-electron chi connectivity index (χ1n) is 5.85. The van der Waals surface area contributed by atoms with Crippen LogP contribution in [0.25, 0.3) is 0 Å². The summed E-state index contributed by atoms with van der Waals surface area (Å²) in [5.74, 6) is -1.03. The van der Waals surface area contributed by atoms with Gasteiger partial charge in [0.15, 0.2) is 6.10 Å². The zero-order chi connectivity index (χ0) is 13.8. The topological polar surface area (TPSA) is 90.6 Å². The molecule has 100 valence electrons. The van der Waals surface area contributed by atoms with Gasteiger partial charge in [0, 0.05) is 13.0 Å². The van der Waals surface area contributed by atoms with Crippen LogP contribution < -0.4 is 0 Å². The van der Waals surface area contributed by atoms with E-state index in [1.807, 2.05) is 6.07 Å². The highest BCUT2D eigenvalue weighted by Crippen LogP contribution is 2.26. The predicted octanol–water partition coefficient (Wildman–Crippen LogP) is 0.628. The third-order valence-corrected chi connectivity index (χ3v) is 2.82. The second kappa shape index (κ2) is 5.83. The summed E-state index contributed by atoms with van der Waals surface area (Å²) in [6, 6.07) is 1.97. The molecule has 6 nitrogen and oxygen atoms in total. The molecule has 0 bridgehead atoms. The van der Waals surface area contributed by atoms with E-state index >= 15 is 0 Å². The number of rotatable bonds is 4. The summed E-state index contributed by atoms with van der Waals surface area (Å²) in [6.07, 6.45) is -0.465. The minimum absolute atomic E-state index is 0.0508. The number of hydrogen-bond acceptors (Lipinski definition) is 4. The van der Waals surface area contributed by atoms with E-state index in [1.165, 1.54) is 0 Å². The maximum Gasteiger partial charge on any atom is 0.303 e. The molecule has 18 heavy (non-hydrogen) atoms. The largest absolute Gasteiger partial charge is 0.481 e. The average molecular weight is 254 g/mol. The quantitative estimate of drug-likeness (QED) is 0.794. The van der Waals surface area contributed by atoms with Crippen molar-refractivity contribution in [2.75, 3.05) is 19.7 Å². The van der Waals surface area contributed by atoms with Crippen LogP contribution in [-0.4, -0.2) is 47.7 Å². The van der Waals surface area contributed by atoms with E-state index in [-0.39, 0.29) is 25.3 Å². The summed E-state index contributed by atoms with van der Waals surface area (Å²) in [4.78, 5) is 24.3. The highest BCUT2D eigenvalue weighted by molar-refractivity contribution is 5.78. The van der Waals surface area contributed by atoms with E-state index in [0.29, 0.717) is 13.2 Å². The lowest BCUT2D eigenvalue weighted by molar-refractivity contribution is -0.142. The number of carboxylic acid groups (broad SMARTS) is 1. The lowest BCUT2D eigenvalue weighted by atomic mass is 9.85. The first-order valence-corrected chi connectivity index (χ1v) is 5.85. The maximum absolute atomic E-state index is 12.0. The SMILES string of the molecule is CC(C)(CC(=O)O)CC(=O)N1CCOC(C#N)C1. The third-order valence-electron chi connectivity index (χ3n) is 2.82. The molecule has 1 unspecified atom stereocenters. The van der Waals surface area contributed by atoms with Crippen LogP contribution >= 0.6 is 0 Å². The van der Waals surface area contributed by atoms with Crippen LogP contribution in [0.2, 0.25) is 0 Å². The summed E-state index contributed by atoms with van der Waals surface area (Å²) >= 11 is 0. The van der Waals surface area contributed by atoms with Crippen molar-refractivity contribution in [3.8, 4) is 6.07 Å². The Hall–Kier alpha value is -1.61. The Morgan fingerprint density at radius 1 is 1.50 bits per heavy atom. The first kappa shape index (κ1) is 14.5. The van der Waals surface area contributed by atoms with Crippen molar-refractivity contribution < 1.29 is 19.4 Å². The van der Waals surface area contributed by atoms with Crippen molar-refractivity contribution >= 4 is 11.9 Å². The molecule has 6 heteroatoms. The van der Waals surface area contributed by atoms with E-state index in [1.54, 1.807) is 18.7 Å².